The van der Waals surface area contributed by atoms with E-state index in [-0.39, 0.29) is 0 Å². The van der Waals surface area contributed by atoms with Crippen LogP contribution in [0.1, 0.15) is 6.92 Å². The van der Waals surface area contributed by atoms with Gasteiger partial charge in [0.05, 0.1) is 0 Å². The second-order valence-corrected chi connectivity index (χ2v) is 3.71. The monoisotopic (exact) mass is 133 g/mol. The van der Waals surface area contributed by atoms with Crippen molar-refractivity contribution in [2.24, 2.45) is 0 Å². The maximum atomic E-state index is 4.85. The Labute approximate surface area is 52.9 Å². The number of hydrogen-bond donors (Lipinski definition) is 1. The van der Waals surface area contributed by atoms with Gasteiger partial charge in [-0.3, -0.25) is 0 Å². The molecule has 1 saturated heterocycles. The summed E-state index contributed by atoms with van der Waals surface area (Å²) in [6.45, 7) is 3.21. The first-order chi connectivity index (χ1) is 3.29. The molecule has 1 heterocycles. The van der Waals surface area contributed by atoms with Crippen molar-refractivity contribution in [2.75, 3.05) is 6.54 Å². The van der Waals surface area contributed by atoms with E-state index in [2.05, 4.69) is 12.2 Å². The highest BCUT2D eigenvalue weighted by atomic mass is 32.2. The zero-order valence-corrected chi connectivity index (χ0v) is 5.73. The first kappa shape index (κ1) is 5.38. The molecule has 7 heavy (non-hydrogen) atoms. The molecule has 3 heteroatoms. The summed E-state index contributed by atoms with van der Waals surface area (Å²) in [5.41, 5.74) is 0. The van der Waals surface area contributed by atoms with Crippen molar-refractivity contribution in [3.8, 4) is 0 Å². The third kappa shape index (κ3) is 1.31. The molecule has 1 atom stereocenters. The summed E-state index contributed by atoms with van der Waals surface area (Å²) in [4.78, 5) is 0. The third-order valence-electron chi connectivity index (χ3n) is 0.842. The van der Waals surface area contributed by atoms with Crippen molar-refractivity contribution in [3.63, 3.8) is 0 Å². The van der Waals surface area contributed by atoms with Crippen LogP contribution in [0, 0.1) is 0 Å². The molecule has 0 unspecified atom stereocenters. The minimum absolute atomic E-state index is 0.687. The summed E-state index contributed by atoms with van der Waals surface area (Å²) in [5.74, 6) is 0. The number of rotatable bonds is 0. The number of nitrogens with one attached hydrogen (secondary N) is 1. The first-order valence-corrected chi connectivity index (χ1v) is 3.52. The van der Waals surface area contributed by atoms with Gasteiger partial charge < -0.3 is 5.32 Å². The molecule has 1 aliphatic heterocycles. The molecule has 0 amide bonds. The molecule has 1 rings (SSSR count). The van der Waals surface area contributed by atoms with Gasteiger partial charge in [-0.2, -0.15) is 0 Å². The smallest absolute Gasteiger partial charge is 0.134 e. The Morgan fingerprint density at radius 3 is 2.86 bits per heavy atom. The molecule has 0 aromatic heterocycles. The second-order valence-electron chi connectivity index (χ2n) is 1.60. The summed E-state index contributed by atoms with van der Waals surface area (Å²) in [6.07, 6.45) is 0. The lowest BCUT2D eigenvalue weighted by molar-refractivity contribution is 0.897. The predicted octanol–water partition coefficient (Wildman–Crippen LogP) is 0.996. The van der Waals surface area contributed by atoms with E-state index in [1.807, 2.05) is 0 Å². The van der Waals surface area contributed by atoms with Gasteiger partial charge in [0, 0.05) is 11.8 Å². The highest BCUT2D eigenvalue weighted by Gasteiger charge is 2.12. The van der Waals surface area contributed by atoms with Crippen LogP contribution in [-0.2, 0) is 0 Å². The van der Waals surface area contributed by atoms with Crippen molar-refractivity contribution < 1.29 is 0 Å². The summed E-state index contributed by atoms with van der Waals surface area (Å²) < 4.78 is 0.951. The van der Waals surface area contributed by atoms with Gasteiger partial charge in [0.2, 0.25) is 0 Å². The van der Waals surface area contributed by atoms with Gasteiger partial charge in [0.25, 0.3) is 0 Å². The molecule has 0 aromatic carbocycles. The Balaban J connectivity index is 2.40. The maximum Gasteiger partial charge on any atom is 0.134 e. The normalized spacial score (nSPS) is 30.4. The minimum Gasteiger partial charge on any atom is -0.370 e. The van der Waals surface area contributed by atoms with Gasteiger partial charge in [0.15, 0.2) is 0 Å². The lowest BCUT2D eigenvalue weighted by Gasteiger charge is -1.88. The minimum atomic E-state index is 0.687. The summed E-state index contributed by atoms with van der Waals surface area (Å²) in [6, 6.07) is 0. The van der Waals surface area contributed by atoms with Crippen LogP contribution >= 0.6 is 24.0 Å². The van der Waals surface area contributed by atoms with Crippen LogP contribution in [0.4, 0.5) is 0 Å². The van der Waals surface area contributed by atoms with Gasteiger partial charge >= 0.3 is 0 Å². The van der Waals surface area contributed by atoms with Crippen LogP contribution in [-0.4, -0.2) is 16.1 Å². The van der Waals surface area contributed by atoms with Crippen LogP contribution in [0.25, 0.3) is 0 Å². The topological polar surface area (TPSA) is 12.0 Å². The molecule has 1 aliphatic rings. The fourth-order valence-corrected chi connectivity index (χ4v) is 1.77. The van der Waals surface area contributed by atoms with Gasteiger partial charge in [-0.25, -0.2) is 0 Å². The number of thiocarbonyl (C=S) groups is 1. The Kier molecular flexibility index (Phi) is 1.54. The lowest BCUT2D eigenvalue weighted by atomic mass is 10.5. The van der Waals surface area contributed by atoms with Crippen molar-refractivity contribution >= 4 is 28.3 Å². The predicted molar refractivity (Wildman–Crippen MR) is 37.7 cm³/mol. The molecule has 0 saturated carbocycles. The quantitative estimate of drug-likeness (QED) is 0.495. The Morgan fingerprint density at radius 2 is 2.71 bits per heavy atom. The third-order valence-corrected chi connectivity index (χ3v) is 2.20. The van der Waals surface area contributed by atoms with E-state index < -0.39 is 0 Å². The molecule has 0 radical (unpaired) electrons. The standard InChI is InChI=1S/C4H7NS2/c1-3-2-5-4(6)7-3/h3H,2H2,1H3,(H,5,6)/t3-/m1/s1. The largest absolute Gasteiger partial charge is 0.370 e. The molecule has 40 valence electrons. The van der Waals surface area contributed by atoms with E-state index >= 15 is 0 Å². The number of thioether (sulfide) groups is 1. The van der Waals surface area contributed by atoms with E-state index in [0.29, 0.717) is 5.25 Å². The zero-order valence-electron chi connectivity index (χ0n) is 4.10. The fourth-order valence-electron chi connectivity index (χ4n) is 0.493. The highest BCUT2D eigenvalue weighted by Crippen LogP contribution is 2.15. The van der Waals surface area contributed by atoms with E-state index in [1.165, 1.54) is 0 Å². The van der Waals surface area contributed by atoms with E-state index in [4.69, 9.17) is 12.2 Å². The van der Waals surface area contributed by atoms with Gasteiger partial charge in [-0.15, -0.1) is 0 Å². The number of hydrogen-bond acceptors (Lipinski definition) is 2. The Bertz CT molecular complexity index is 91.7. The second kappa shape index (κ2) is 2.01. The molecule has 0 aromatic rings. The maximum absolute atomic E-state index is 4.85. The van der Waals surface area contributed by atoms with E-state index in [0.717, 1.165) is 10.9 Å². The van der Waals surface area contributed by atoms with Crippen LogP contribution in [0.2, 0.25) is 0 Å². The molecule has 0 aliphatic carbocycles. The Morgan fingerprint density at radius 1 is 2.00 bits per heavy atom. The first-order valence-electron chi connectivity index (χ1n) is 2.23. The van der Waals surface area contributed by atoms with E-state index in [1.54, 1.807) is 11.8 Å². The van der Waals surface area contributed by atoms with Crippen LogP contribution in [0.15, 0.2) is 0 Å². The molecular weight excluding hydrogens is 126 g/mol. The molecule has 1 nitrogen and oxygen atoms in total. The SMILES string of the molecule is C[C@@H]1CNC(=S)S1. The average molecular weight is 133 g/mol. The fraction of sp³-hybridized carbons (Fsp3) is 0.750. The lowest BCUT2D eigenvalue weighted by Crippen LogP contribution is -2.12. The van der Waals surface area contributed by atoms with Gasteiger partial charge in [0.1, 0.15) is 4.32 Å². The molecule has 0 bridgehead atoms. The summed E-state index contributed by atoms with van der Waals surface area (Å²) in [5, 5.41) is 3.75. The average Bonchev–Trinajstić information content (AvgIpc) is 1.87. The van der Waals surface area contributed by atoms with E-state index in [9.17, 15) is 0 Å². The van der Waals surface area contributed by atoms with Gasteiger partial charge in [-0.05, 0) is 0 Å². The zero-order chi connectivity index (χ0) is 5.28. The van der Waals surface area contributed by atoms with Crippen molar-refractivity contribution in [1.82, 2.24) is 5.32 Å². The molecular formula is C4H7NS2. The van der Waals surface area contributed by atoms with Gasteiger partial charge in [-0.1, -0.05) is 30.9 Å². The van der Waals surface area contributed by atoms with Crippen molar-refractivity contribution in [2.45, 2.75) is 12.2 Å². The van der Waals surface area contributed by atoms with Crippen LogP contribution < -0.4 is 5.32 Å². The molecule has 0 spiro atoms. The van der Waals surface area contributed by atoms with Crippen molar-refractivity contribution in [3.05, 3.63) is 0 Å². The van der Waals surface area contributed by atoms with Crippen molar-refractivity contribution in [1.29, 1.82) is 0 Å². The molecule has 1 fully saturated rings. The van der Waals surface area contributed by atoms with Crippen LogP contribution in [0.3, 0.4) is 0 Å². The summed E-state index contributed by atoms with van der Waals surface area (Å²) in [7, 11) is 0. The van der Waals surface area contributed by atoms with Crippen LogP contribution in [0.5, 0.6) is 0 Å². The Hall–Kier alpha value is 0.240. The highest BCUT2D eigenvalue weighted by molar-refractivity contribution is 8.23. The summed E-state index contributed by atoms with van der Waals surface area (Å²) >= 11 is 6.59. The molecule has 1 N–H and O–H groups in total.